The molecule has 56 valence electrons. The molecule has 10 heavy (non-hydrogen) atoms. The molecule has 6 nitrogen and oxygen atoms in total. The van der Waals surface area contributed by atoms with Crippen LogP contribution in [0.2, 0.25) is 0 Å². The van der Waals surface area contributed by atoms with E-state index in [0.29, 0.717) is 5.06 Å². The fourth-order valence-electron chi connectivity index (χ4n) is 0.491. The number of rotatable bonds is 2. The van der Waals surface area contributed by atoms with E-state index < -0.39 is 18.4 Å². The molecule has 1 N–H and O–H groups in total. The fraction of sp³-hybridized carbons (Fsp3) is 0.500. The van der Waals surface area contributed by atoms with Crippen molar-refractivity contribution in [1.29, 1.82) is 0 Å². The van der Waals surface area contributed by atoms with E-state index in [9.17, 15) is 9.59 Å². The Morgan fingerprint density at radius 2 is 2.50 bits per heavy atom. The third kappa shape index (κ3) is 1.42. The molecule has 0 saturated carbocycles. The summed E-state index contributed by atoms with van der Waals surface area (Å²) >= 11 is 0. The Bertz CT molecular complexity index is 167. The standard InChI is InChI=1S/C4H5NO5/c6-3-2-9-10-5(3)1-4(7)8/h1-2H2,(H,7,8). The summed E-state index contributed by atoms with van der Waals surface area (Å²) in [6.45, 7) is -0.702. The van der Waals surface area contributed by atoms with Crippen molar-refractivity contribution in [3.05, 3.63) is 0 Å². The van der Waals surface area contributed by atoms with Crippen LogP contribution in [0.3, 0.4) is 0 Å². The van der Waals surface area contributed by atoms with Crippen LogP contribution >= 0.6 is 0 Å². The van der Waals surface area contributed by atoms with E-state index in [1.807, 2.05) is 0 Å². The molecule has 1 fully saturated rings. The summed E-state index contributed by atoms with van der Waals surface area (Å²) in [4.78, 5) is 28.9. The number of amides is 1. The summed E-state index contributed by atoms with van der Waals surface area (Å²) in [6, 6.07) is 0. The van der Waals surface area contributed by atoms with E-state index in [4.69, 9.17) is 5.11 Å². The first-order valence-corrected chi connectivity index (χ1v) is 2.52. The van der Waals surface area contributed by atoms with Gasteiger partial charge in [0.2, 0.25) is 0 Å². The zero-order valence-corrected chi connectivity index (χ0v) is 4.94. The first kappa shape index (κ1) is 6.97. The molecular formula is C4H5NO5. The van der Waals surface area contributed by atoms with Gasteiger partial charge in [-0.15, -0.1) is 4.99 Å². The predicted molar refractivity (Wildman–Crippen MR) is 26.4 cm³/mol. The van der Waals surface area contributed by atoms with Crippen molar-refractivity contribution >= 4 is 11.9 Å². The van der Waals surface area contributed by atoms with Gasteiger partial charge in [-0.05, 0) is 0 Å². The van der Waals surface area contributed by atoms with Crippen LogP contribution in [-0.4, -0.2) is 35.2 Å². The van der Waals surface area contributed by atoms with Gasteiger partial charge in [0.05, 0.1) is 0 Å². The lowest BCUT2D eigenvalue weighted by Crippen LogP contribution is -2.30. The summed E-state index contributed by atoms with van der Waals surface area (Å²) in [6.07, 6.45) is 0. The van der Waals surface area contributed by atoms with Crippen molar-refractivity contribution in [1.82, 2.24) is 5.06 Å². The normalized spacial score (nSPS) is 18.0. The monoisotopic (exact) mass is 147 g/mol. The molecule has 6 heteroatoms. The van der Waals surface area contributed by atoms with Crippen molar-refractivity contribution in [2.45, 2.75) is 0 Å². The van der Waals surface area contributed by atoms with Crippen molar-refractivity contribution < 1.29 is 24.6 Å². The fourth-order valence-corrected chi connectivity index (χ4v) is 0.491. The highest BCUT2D eigenvalue weighted by Crippen LogP contribution is 2.01. The number of carboxylic acids is 1. The highest BCUT2D eigenvalue weighted by molar-refractivity contribution is 5.81. The minimum atomic E-state index is -1.14. The first-order valence-electron chi connectivity index (χ1n) is 2.52. The zero-order valence-electron chi connectivity index (χ0n) is 4.94. The Balaban J connectivity index is 2.40. The van der Waals surface area contributed by atoms with Crippen molar-refractivity contribution in [2.75, 3.05) is 13.2 Å². The van der Waals surface area contributed by atoms with Gasteiger partial charge in [-0.25, -0.2) is 4.89 Å². The minimum Gasteiger partial charge on any atom is -0.480 e. The Kier molecular flexibility index (Phi) is 1.83. The molecule has 0 unspecified atom stereocenters. The third-order valence-electron chi connectivity index (χ3n) is 0.882. The lowest BCUT2D eigenvalue weighted by molar-refractivity contribution is -0.364. The summed E-state index contributed by atoms with van der Waals surface area (Å²) in [7, 11) is 0. The number of hydrogen-bond acceptors (Lipinski definition) is 4. The molecule has 1 heterocycles. The average molecular weight is 147 g/mol. The van der Waals surface area contributed by atoms with Crippen LogP contribution in [0, 0.1) is 0 Å². The van der Waals surface area contributed by atoms with Gasteiger partial charge in [-0.1, -0.05) is 0 Å². The summed E-state index contributed by atoms with van der Waals surface area (Å²) < 4.78 is 0. The minimum absolute atomic E-state index is 0.215. The smallest absolute Gasteiger partial charge is 0.326 e. The van der Waals surface area contributed by atoms with Crippen molar-refractivity contribution in [2.24, 2.45) is 0 Å². The molecule has 0 aliphatic carbocycles. The van der Waals surface area contributed by atoms with Gasteiger partial charge in [0, 0.05) is 0 Å². The Hall–Kier alpha value is -1.14. The number of nitrogens with zero attached hydrogens (tertiary/aromatic N) is 1. The van der Waals surface area contributed by atoms with Gasteiger partial charge in [-0.2, -0.15) is 5.06 Å². The Morgan fingerprint density at radius 1 is 1.80 bits per heavy atom. The van der Waals surface area contributed by atoms with E-state index in [0.717, 1.165) is 0 Å². The van der Waals surface area contributed by atoms with Gasteiger partial charge >= 0.3 is 5.97 Å². The maximum absolute atomic E-state index is 10.5. The molecule has 0 spiro atoms. The molecule has 1 rings (SSSR count). The Labute approximate surface area is 55.8 Å². The molecule has 0 aromatic heterocycles. The van der Waals surface area contributed by atoms with Crippen molar-refractivity contribution in [3.63, 3.8) is 0 Å². The SMILES string of the molecule is O=C(O)CN1OOCC1=O. The van der Waals surface area contributed by atoms with Crippen LogP contribution in [0.25, 0.3) is 0 Å². The van der Waals surface area contributed by atoms with Crippen molar-refractivity contribution in [3.8, 4) is 0 Å². The second-order valence-corrected chi connectivity index (χ2v) is 1.66. The Morgan fingerprint density at radius 3 is 2.90 bits per heavy atom. The lowest BCUT2D eigenvalue weighted by Gasteiger charge is -2.05. The van der Waals surface area contributed by atoms with Gasteiger partial charge in [0.1, 0.15) is 6.54 Å². The molecule has 1 amide bonds. The molecule has 0 radical (unpaired) electrons. The van der Waals surface area contributed by atoms with Gasteiger partial charge < -0.3 is 5.11 Å². The number of carboxylic acid groups (broad SMARTS) is 1. The molecule has 1 aliphatic rings. The molecule has 0 aromatic carbocycles. The molecule has 0 bridgehead atoms. The molecule has 0 atom stereocenters. The maximum Gasteiger partial charge on any atom is 0.326 e. The van der Waals surface area contributed by atoms with Gasteiger partial charge in [-0.3, -0.25) is 9.59 Å². The first-order chi connectivity index (χ1) is 4.70. The molecule has 1 aliphatic heterocycles. The van der Waals surface area contributed by atoms with E-state index in [-0.39, 0.29) is 6.61 Å². The summed E-state index contributed by atoms with van der Waals surface area (Å²) in [5.41, 5.74) is 0. The van der Waals surface area contributed by atoms with Crippen LogP contribution in [0.1, 0.15) is 0 Å². The predicted octanol–water partition coefficient (Wildman–Crippen LogP) is -1.22. The second-order valence-electron chi connectivity index (χ2n) is 1.66. The number of aliphatic carboxylic acids is 1. The van der Waals surface area contributed by atoms with Crippen LogP contribution in [0.15, 0.2) is 0 Å². The second kappa shape index (κ2) is 2.63. The van der Waals surface area contributed by atoms with Crippen LogP contribution in [0.5, 0.6) is 0 Å². The van der Waals surface area contributed by atoms with E-state index in [1.54, 1.807) is 0 Å². The quantitative estimate of drug-likeness (QED) is 0.495. The zero-order chi connectivity index (χ0) is 7.56. The molecule has 1 saturated heterocycles. The summed E-state index contributed by atoms with van der Waals surface area (Å²) in [5, 5.41) is 8.80. The van der Waals surface area contributed by atoms with E-state index in [2.05, 4.69) is 9.88 Å². The largest absolute Gasteiger partial charge is 0.480 e. The number of hydrogen-bond donors (Lipinski definition) is 1. The summed E-state index contributed by atoms with van der Waals surface area (Å²) in [5.74, 6) is -1.62. The molecule has 0 aromatic rings. The van der Waals surface area contributed by atoms with Gasteiger partial charge in [0.15, 0.2) is 6.61 Å². The third-order valence-corrected chi connectivity index (χ3v) is 0.882. The highest BCUT2D eigenvalue weighted by Gasteiger charge is 2.25. The van der Waals surface area contributed by atoms with Gasteiger partial charge in [0.25, 0.3) is 5.91 Å². The van der Waals surface area contributed by atoms with Crippen LogP contribution in [-0.2, 0) is 19.5 Å². The van der Waals surface area contributed by atoms with Crippen LogP contribution in [0.4, 0.5) is 0 Å². The topological polar surface area (TPSA) is 76.1 Å². The van der Waals surface area contributed by atoms with E-state index >= 15 is 0 Å². The number of hydroxylamine groups is 2. The number of carbonyl (C=O) groups is 2. The highest BCUT2D eigenvalue weighted by atomic mass is 17.3. The maximum atomic E-state index is 10.5. The lowest BCUT2D eigenvalue weighted by atomic mass is 10.6. The average Bonchev–Trinajstić information content (AvgIpc) is 2.15. The van der Waals surface area contributed by atoms with E-state index in [1.165, 1.54) is 0 Å². The van der Waals surface area contributed by atoms with Crippen LogP contribution < -0.4 is 0 Å². The number of carbonyl (C=O) groups excluding carboxylic acids is 1. The molecular weight excluding hydrogens is 142 g/mol.